The molecule has 6 nitrogen and oxygen atoms in total. The first-order chi connectivity index (χ1) is 15.0. The van der Waals surface area contributed by atoms with Crippen LogP contribution in [-0.2, 0) is 0 Å². The normalized spacial score (nSPS) is 10.5. The molecule has 0 bridgehead atoms. The predicted molar refractivity (Wildman–Crippen MR) is 132 cm³/mol. The molecular formula is C21H14BrClN4O2S2. The molecule has 4 rings (SSSR count). The Morgan fingerprint density at radius 3 is 2.00 bits per heavy atom. The van der Waals surface area contributed by atoms with Gasteiger partial charge in [-0.05, 0) is 76.6 Å². The van der Waals surface area contributed by atoms with E-state index in [0.29, 0.717) is 27.8 Å². The van der Waals surface area contributed by atoms with Crippen molar-refractivity contribution in [2.45, 2.75) is 0 Å². The number of aromatic nitrogens is 1. The van der Waals surface area contributed by atoms with Gasteiger partial charge in [-0.2, -0.15) is 0 Å². The van der Waals surface area contributed by atoms with Gasteiger partial charge in [0.25, 0.3) is 5.91 Å². The van der Waals surface area contributed by atoms with Crippen LogP contribution in [-0.4, -0.2) is 16.9 Å². The quantitative estimate of drug-likeness (QED) is 0.254. The van der Waals surface area contributed by atoms with E-state index in [-0.39, 0.29) is 11.9 Å². The van der Waals surface area contributed by atoms with Gasteiger partial charge in [-0.15, -0.1) is 22.7 Å². The van der Waals surface area contributed by atoms with Gasteiger partial charge in [0.05, 0.1) is 8.66 Å². The molecule has 0 spiro atoms. The molecule has 2 aromatic heterocycles. The summed E-state index contributed by atoms with van der Waals surface area (Å²) < 4.78 is 1.01. The highest BCUT2D eigenvalue weighted by atomic mass is 79.9. The number of anilines is 3. The number of benzene rings is 2. The number of thiophene rings is 1. The summed E-state index contributed by atoms with van der Waals surface area (Å²) >= 11 is 12.3. The van der Waals surface area contributed by atoms with Crippen LogP contribution in [0.2, 0.25) is 5.02 Å². The van der Waals surface area contributed by atoms with E-state index in [1.54, 1.807) is 65.2 Å². The highest BCUT2D eigenvalue weighted by molar-refractivity contribution is 9.11. The van der Waals surface area contributed by atoms with Crippen LogP contribution in [0.3, 0.4) is 0 Å². The van der Waals surface area contributed by atoms with E-state index in [4.69, 9.17) is 11.6 Å². The van der Waals surface area contributed by atoms with Crippen LogP contribution in [0.1, 0.15) is 10.5 Å². The number of carbonyl (C=O) groups excluding carboxylic acids is 2. The molecule has 31 heavy (non-hydrogen) atoms. The third-order valence-electron chi connectivity index (χ3n) is 4.02. The lowest BCUT2D eigenvalue weighted by Crippen LogP contribution is -2.19. The summed E-state index contributed by atoms with van der Waals surface area (Å²) in [6, 6.07) is 17.2. The fourth-order valence-electron chi connectivity index (χ4n) is 2.58. The predicted octanol–water partition coefficient (Wildman–Crippen LogP) is 7.18. The van der Waals surface area contributed by atoms with E-state index in [0.717, 1.165) is 13.7 Å². The van der Waals surface area contributed by atoms with Crippen molar-refractivity contribution in [2.24, 2.45) is 0 Å². The highest BCUT2D eigenvalue weighted by Gasteiger charge is 2.13. The third kappa shape index (κ3) is 5.71. The van der Waals surface area contributed by atoms with Gasteiger partial charge in [0.2, 0.25) is 0 Å². The summed E-state index contributed by atoms with van der Waals surface area (Å²) in [4.78, 5) is 30.0. The minimum Gasteiger partial charge on any atom is -0.321 e. The van der Waals surface area contributed by atoms with Crippen LogP contribution >= 0.6 is 50.2 Å². The molecule has 0 saturated carbocycles. The average Bonchev–Trinajstić information content (AvgIpc) is 3.40. The molecule has 0 unspecified atom stereocenters. The summed E-state index contributed by atoms with van der Waals surface area (Å²) in [6.07, 6.45) is 0. The summed E-state index contributed by atoms with van der Waals surface area (Å²) in [6.45, 7) is 0. The van der Waals surface area contributed by atoms with E-state index in [2.05, 4.69) is 36.9 Å². The second-order valence-corrected chi connectivity index (χ2v) is 10.0. The zero-order valence-corrected chi connectivity index (χ0v) is 19.7. The molecule has 3 amide bonds. The average molecular weight is 534 g/mol. The molecule has 0 aliphatic rings. The zero-order chi connectivity index (χ0) is 21.8. The number of hydrogen-bond acceptors (Lipinski definition) is 5. The van der Waals surface area contributed by atoms with Crippen molar-refractivity contribution in [2.75, 3.05) is 16.0 Å². The van der Waals surface area contributed by atoms with E-state index in [1.165, 1.54) is 11.3 Å². The van der Waals surface area contributed by atoms with Gasteiger partial charge in [-0.25, -0.2) is 9.78 Å². The Labute approximate surface area is 199 Å². The van der Waals surface area contributed by atoms with Gasteiger partial charge < -0.3 is 16.0 Å². The van der Waals surface area contributed by atoms with E-state index < -0.39 is 0 Å². The van der Waals surface area contributed by atoms with Crippen molar-refractivity contribution in [3.05, 3.63) is 80.5 Å². The number of halogens is 2. The first-order valence-corrected chi connectivity index (χ1v) is 11.8. The number of thiazole rings is 1. The van der Waals surface area contributed by atoms with Crippen LogP contribution in [0.15, 0.2) is 69.8 Å². The van der Waals surface area contributed by atoms with Crippen LogP contribution in [0.5, 0.6) is 0 Å². The number of nitrogens with one attached hydrogen (secondary N) is 3. The Morgan fingerprint density at radius 2 is 1.42 bits per heavy atom. The number of hydrogen-bond donors (Lipinski definition) is 3. The first-order valence-electron chi connectivity index (χ1n) is 8.92. The molecule has 0 fully saturated rings. The minimum atomic E-state index is -0.380. The molecule has 0 saturated heterocycles. The lowest BCUT2D eigenvalue weighted by atomic mass is 10.2. The number of carbonyl (C=O) groups is 2. The third-order valence-corrected chi connectivity index (χ3v) is 6.91. The van der Waals surface area contributed by atoms with Crippen molar-refractivity contribution >= 4 is 79.2 Å². The maximum absolute atomic E-state index is 12.5. The minimum absolute atomic E-state index is 0.292. The summed E-state index contributed by atoms with van der Waals surface area (Å²) in [5.41, 5.74) is 2.17. The SMILES string of the molecule is O=C(Nc1ccc(Cl)cc1)Nc1ccc(NC(=O)c2csc(-c3ccc(Br)s3)n2)cc1. The highest BCUT2D eigenvalue weighted by Crippen LogP contribution is 2.33. The number of nitrogens with zero attached hydrogens (tertiary/aromatic N) is 1. The largest absolute Gasteiger partial charge is 0.323 e. The molecule has 3 N–H and O–H groups in total. The Balaban J connectivity index is 1.34. The first kappa shape index (κ1) is 21.5. The molecule has 0 aliphatic carbocycles. The second-order valence-electron chi connectivity index (χ2n) is 6.26. The topological polar surface area (TPSA) is 83.1 Å². The summed E-state index contributed by atoms with van der Waals surface area (Å²) in [7, 11) is 0. The van der Waals surface area contributed by atoms with Crippen LogP contribution < -0.4 is 16.0 Å². The molecule has 2 heterocycles. The van der Waals surface area contributed by atoms with Gasteiger partial charge >= 0.3 is 6.03 Å². The zero-order valence-electron chi connectivity index (χ0n) is 15.7. The fourth-order valence-corrected chi connectivity index (χ4v) is 4.96. The standard InChI is InChI=1S/C21H14BrClN4O2S2/c22-18-10-9-17(31-18)20-27-16(11-30-20)19(28)24-13-5-7-15(8-6-13)26-21(29)25-14-3-1-12(23)2-4-14/h1-11H,(H,24,28)(H2,25,26,29). The van der Waals surface area contributed by atoms with Crippen LogP contribution in [0.25, 0.3) is 9.88 Å². The Hall–Kier alpha value is -2.72. The van der Waals surface area contributed by atoms with Gasteiger partial charge in [0.15, 0.2) is 0 Å². The van der Waals surface area contributed by atoms with Crippen molar-refractivity contribution in [1.29, 1.82) is 0 Å². The van der Waals surface area contributed by atoms with Gasteiger partial charge in [0.1, 0.15) is 10.7 Å². The molecule has 4 aromatic rings. The maximum Gasteiger partial charge on any atom is 0.323 e. The smallest absolute Gasteiger partial charge is 0.321 e. The second kappa shape index (κ2) is 9.61. The van der Waals surface area contributed by atoms with Crippen molar-refractivity contribution in [3.63, 3.8) is 0 Å². The molecule has 0 aliphatic heterocycles. The molecule has 156 valence electrons. The van der Waals surface area contributed by atoms with Crippen molar-refractivity contribution in [1.82, 2.24) is 4.98 Å². The maximum atomic E-state index is 12.5. The van der Waals surface area contributed by atoms with Gasteiger partial charge in [-0.1, -0.05) is 11.6 Å². The summed E-state index contributed by atoms with van der Waals surface area (Å²) in [5, 5.41) is 11.4. The number of urea groups is 1. The molecular weight excluding hydrogens is 520 g/mol. The van der Waals surface area contributed by atoms with E-state index in [1.807, 2.05) is 12.1 Å². The summed E-state index contributed by atoms with van der Waals surface area (Å²) in [5.74, 6) is -0.292. The Kier molecular flexibility index (Phi) is 6.67. The van der Waals surface area contributed by atoms with Gasteiger partial charge in [-0.3, -0.25) is 4.79 Å². The molecule has 10 heteroatoms. The number of amides is 3. The lowest BCUT2D eigenvalue weighted by Gasteiger charge is -2.09. The Morgan fingerprint density at radius 1 is 0.839 bits per heavy atom. The van der Waals surface area contributed by atoms with Crippen LogP contribution in [0.4, 0.5) is 21.9 Å². The Bertz CT molecular complexity index is 1220. The molecule has 2 aromatic carbocycles. The van der Waals surface area contributed by atoms with Crippen LogP contribution in [0, 0.1) is 0 Å². The van der Waals surface area contributed by atoms with E-state index in [9.17, 15) is 9.59 Å². The fraction of sp³-hybridized carbons (Fsp3) is 0. The monoisotopic (exact) mass is 532 g/mol. The van der Waals surface area contributed by atoms with Crippen molar-refractivity contribution < 1.29 is 9.59 Å². The molecule has 0 radical (unpaired) electrons. The van der Waals surface area contributed by atoms with Gasteiger partial charge in [0, 0.05) is 27.5 Å². The number of rotatable bonds is 5. The lowest BCUT2D eigenvalue weighted by molar-refractivity contribution is 0.102. The van der Waals surface area contributed by atoms with E-state index >= 15 is 0 Å². The van der Waals surface area contributed by atoms with Crippen molar-refractivity contribution in [3.8, 4) is 9.88 Å². The molecule has 0 atom stereocenters.